The monoisotopic (exact) mass is 168 g/mol. The largest absolute Gasteiger partial charge is 0.316 e. The zero-order chi connectivity index (χ0) is 8.44. The quantitative estimate of drug-likeness (QED) is 0.566. The average Bonchev–Trinajstić information content (AvgIpc) is 2.05. The van der Waals surface area contributed by atoms with Crippen LogP contribution in [0.2, 0.25) is 0 Å². The fourth-order valence-corrected chi connectivity index (χ4v) is 2.83. The third-order valence-electron chi connectivity index (χ3n) is 3.45. The van der Waals surface area contributed by atoms with Crippen LogP contribution in [-0.4, -0.2) is 25.7 Å². The molecule has 1 spiro atoms. The van der Waals surface area contributed by atoms with E-state index < -0.39 is 0 Å². The van der Waals surface area contributed by atoms with Crippen LogP contribution in [0.15, 0.2) is 0 Å². The number of hydrogen-bond donors (Lipinski definition) is 2. The van der Waals surface area contributed by atoms with E-state index in [2.05, 4.69) is 17.6 Å². The first-order valence-electron chi connectivity index (χ1n) is 5.25. The van der Waals surface area contributed by atoms with Gasteiger partial charge in [0.1, 0.15) is 0 Å². The van der Waals surface area contributed by atoms with Crippen molar-refractivity contribution in [1.29, 1.82) is 0 Å². The second-order valence-electron chi connectivity index (χ2n) is 4.59. The summed E-state index contributed by atoms with van der Waals surface area (Å²) < 4.78 is 0. The molecule has 2 nitrogen and oxygen atoms in total. The van der Waals surface area contributed by atoms with Crippen LogP contribution < -0.4 is 10.6 Å². The number of piperidine rings is 2. The average molecular weight is 168 g/mol. The minimum Gasteiger partial charge on any atom is -0.316 e. The molecule has 2 heteroatoms. The second kappa shape index (κ2) is 3.35. The molecule has 2 rings (SSSR count). The van der Waals surface area contributed by atoms with Gasteiger partial charge < -0.3 is 10.6 Å². The van der Waals surface area contributed by atoms with Gasteiger partial charge in [0.15, 0.2) is 0 Å². The van der Waals surface area contributed by atoms with Crippen LogP contribution in [0.1, 0.15) is 32.6 Å². The summed E-state index contributed by atoms with van der Waals surface area (Å²) in [5, 5.41) is 7.06. The Kier molecular flexibility index (Phi) is 2.37. The van der Waals surface area contributed by atoms with Crippen molar-refractivity contribution in [3.05, 3.63) is 0 Å². The lowest BCUT2D eigenvalue weighted by atomic mass is 9.71. The highest BCUT2D eigenvalue weighted by Crippen LogP contribution is 2.36. The zero-order valence-electron chi connectivity index (χ0n) is 8.03. The van der Waals surface area contributed by atoms with Crippen molar-refractivity contribution >= 4 is 0 Å². The van der Waals surface area contributed by atoms with Crippen LogP contribution in [0.4, 0.5) is 0 Å². The minimum atomic E-state index is 0.656. The van der Waals surface area contributed by atoms with Crippen molar-refractivity contribution in [2.45, 2.75) is 38.6 Å². The van der Waals surface area contributed by atoms with Gasteiger partial charge >= 0.3 is 0 Å². The van der Waals surface area contributed by atoms with E-state index in [0.717, 1.165) is 6.04 Å². The molecule has 2 fully saturated rings. The van der Waals surface area contributed by atoms with E-state index in [1.165, 1.54) is 45.3 Å². The maximum Gasteiger partial charge on any atom is 0.00445 e. The molecule has 2 heterocycles. The Morgan fingerprint density at radius 3 is 2.83 bits per heavy atom. The standard InChI is InChI=1S/C10H20N2/c1-9-7-10(4-6-12-9)3-2-5-11-8-10/h9,11-12H,2-8H2,1H3. The van der Waals surface area contributed by atoms with Gasteiger partial charge in [0.2, 0.25) is 0 Å². The van der Waals surface area contributed by atoms with Crippen molar-refractivity contribution in [2.75, 3.05) is 19.6 Å². The molecule has 2 aliphatic heterocycles. The molecule has 0 aromatic carbocycles. The van der Waals surface area contributed by atoms with E-state index in [-0.39, 0.29) is 0 Å². The van der Waals surface area contributed by atoms with Crippen molar-refractivity contribution in [2.24, 2.45) is 5.41 Å². The van der Waals surface area contributed by atoms with Crippen LogP contribution in [0, 0.1) is 5.41 Å². The van der Waals surface area contributed by atoms with Gasteiger partial charge in [-0.2, -0.15) is 0 Å². The molecule has 0 radical (unpaired) electrons. The summed E-state index contributed by atoms with van der Waals surface area (Å²) in [5.41, 5.74) is 0.656. The highest BCUT2D eigenvalue weighted by molar-refractivity contribution is 4.91. The summed E-state index contributed by atoms with van der Waals surface area (Å²) in [7, 11) is 0. The maximum absolute atomic E-state index is 3.54. The van der Waals surface area contributed by atoms with E-state index >= 15 is 0 Å². The molecule has 2 unspecified atom stereocenters. The normalized spacial score (nSPS) is 43.2. The first kappa shape index (κ1) is 8.52. The van der Waals surface area contributed by atoms with E-state index in [1.807, 2.05) is 0 Å². The Balaban J connectivity index is 1.97. The molecule has 70 valence electrons. The Labute approximate surface area is 75.1 Å². The molecule has 0 amide bonds. The molecule has 2 aliphatic rings. The molecule has 0 aromatic rings. The van der Waals surface area contributed by atoms with Crippen LogP contribution in [0.5, 0.6) is 0 Å². The summed E-state index contributed by atoms with van der Waals surface area (Å²) in [4.78, 5) is 0. The van der Waals surface area contributed by atoms with E-state index in [4.69, 9.17) is 0 Å². The van der Waals surface area contributed by atoms with Crippen LogP contribution in [0.3, 0.4) is 0 Å². The van der Waals surface area contributed by atoms with Crippen LogP contribution >= 0.6 is 0 Å². The van der Waals surface area contributed by atoms with Gasteiger partial charge in [0, 0.05) is 12.6 Å². The smallest absolute Gasteiger partial charge is 0.00445 e. The van der Waals surface area contributed by atoms with E-state index in [1.54, 1.807) is 0 Å². The van der Waals surface area contributed by atoms with Crippen molar-refractivity contribution in [3.8, 4) is 0 Å². The van der Waals surface area contributed by atoms with E-state index in [9.17, 15) is 0 Å². The number of nitrogens with one attached hydrogen (secondary N) is 2. The first-order chi connectivity index (χ1) is 5.81. The van der Waals surface area contributed by atoms with Crippen molar-refractivity contribution in [3.63, 3.8) is 0 Å². The molecule has 0 aromatic heterocycles. The van der Waals surface area contributed by atoms with Gasteiger partial charge in [-0.25, -0.2) is 0 Å². The molecule has 0 saturated carbocycles. The lowest BCUT2D eigenvalue weighted by molar-refractivity contribution is 0.127. The highest BCUT2D eigenvalue weighted by atomic mass is 15.0. The van der Waals surface area contributed by atoms with Gasteiger partial charge in [-0.05, 0) is 51.1 Å². The van der Waals surface area contributed by atoms with Gasteiger partial charge in [0.25, 0.3) is 0 Å². The van der Waals surface area contributed by atoms with Crippen molar-refractivity contribution < 1.29 is 0 Å². The lowest BCUT2D eigenvalue weighted by Crippen LogP contribution is -2.49. The van der Waals surface area contributed by atoms with Gasteiger partial charge in [-0.3, -0.25) is 0 Å². The summed E-state index contributed by atoms with van der Waals surface area (Å²) in [6.07, 6.45) is 5.59. The third kappa shape index (κ3) is 1.64. The van der Waals surface area contributed by atoms with Gasteiger partial charge in [0.05, 0.1) is 0 Å². The SMILES string of the molecule is CC1CC2(CCCNC2)CCN1. The number of hydrogen-bond acceptors (Lipinski definition) is 2. The maximum atomic E-state index is 3.54. The van der Waals surface area contributed by atoms with E-state index in [0.29, 0.717) is 5.41 Å². The fourth-order valence-electron chi connectivity index (χ4n) is 2.83. The highest BCUT2D eigenvalue weighted by Gasteiger charge is 2.35. The molecule has 2 saturated heterocycles. The zero-order valence-corrected chi connectivity index (χ0v) is 8.03. The van der Waals surface area contributed by atoms with Crippen LogP contribution in [0.25, 0.3) is 0 Å². The fraction of sp³-hybridized carbons (Fsp3) is 1.00. The van der Waals surface area contributed by atoms with Gasteiger partial charge in [-0.1, -0.05) is 0 Å². The summed E-state index contributed by atoms with van der Waals surface area (Å²) in [5.74, 6) is 0. The third-order valence-corrected chi connectivity index (χ3v) is 3.45. The van der Waals surface area contributed by atoms with Crippen molar-refractivity contribution in [1.82, 2.24) is 10.6 Å². The molecular formula is C10H20N2. The Morgan fingerprint density at radius 1 is 1.25 bits per heavy atom. The predicted molar refractivity (Wildman–Crippen MR) is 51.2 cm³/mol. The molecule has 0 aliphatic carbocycles. The summed E-state index contributed by atoms with van der Waals surface area (Å²) in [6, 6.07) is 0.735. The minimum absolute atomic E-state index is 0.656. The van der Waals surface area contributed by atoms with Crippen LogP contribution in [-0.2, 0) is 0 Å². The lowest BCUT2D eigenvalue weighted by Gasteiger charge is -2.43. The molecule has 12 heavy (non-hydrogen) atoms. The molecule has 2 atom stereocenters. The first-order valence-corrected chi connectivity index (χ1v) is 5.25. The summed E-state index contributed by atoms with van der Waals surface area (Å²) in [6.45, 7) is 6.04. The second-order valence-corrected chi connectivity index (χ2v) is 4.59. The Hall–Kier alpha value is -0.0800. The molecule has 2 N–H and O–H groups in total. The topological polar surface area (TPSA) is 24.1 Å². The Morgan fingerprint density at radius 2 is 2.17 bits per heavy atom. The Bertz CT molecular complexity index is 144. The molecule has 0 bridgehead atoms. The van der Waals surface area contributed by atoms with Gasteiger partial charge in [-0.15, -0.1) is 0 Å². The number of rotatable bonds is 0. The summed E-state index contributed by atoms with van der Waals surface area (Å²) >= 11 is 0. The predicted octanol–water partition coefficient (Wildman–Crippen LogP) is 1.13. The molecular weight excluding hydrogens is 148 g/mol.